The second kappa shape index (κ2) is 6.38. The maximum Gasteiger partial charge on any atom is 0.144 e. The van der Waals surface area contributed by atoms with Gasteiger partial charge >= 0.3 is 0 Å². The minimum atomic E-state index is -0.213. The summed E-state index contributed by atoms with van der Waals surface area (Å²) in [7, 11) is 4.30. The average Bonchev–Trinajstić information content (AvgIpc) is 2.76. The molecule has 1 saturated heterocycles. The zero-order valence-corrected chi connectivity index (χ0v) is 12.2. The van der Waals surface area contributed by atoms with Crippen LogP contribution in [0.3, 0.4) is 0 Å². The lowest BCUT2D eigenvalue weighted by atomic mass is 9.86. The monoisotopic (exact) mass is 256 g/mol. The lowest BCUT2D eigenvalue weighted by Crippen LogP contribution is -2.34. The Kier molecular flexibility index (Phi) is 5.41. The third-order valence-corrected chi connectivity index (χ3v) is 4.06. The van der Waals surface area contributed by atoms with E-state index in [0.29, 0.717) is 11.9 Å². The number of likely N-dealkylation sites (tertiary alicyclic amines) is 1. The van der Waals surface area contributed by atoms with Gasteiger partial charge < -0.3 is 20.7 Å². The van der Waals surface area contributed by atoms with Crippen LogP contribution in [-0.2, 0) is 0 Å². The number of oxime groups is 1. The van der Waals surface area contributed by atoms with Crippen LogP contribution in [0.4, 0.5) is 0 Å². The summed E-state index contributed by atoms with van der Waals surface area (Å²) in [5, 5.41) is 11.8. The largest absolute Gasteiger partial charge is 0.409 e. The Balaban J connectivity index is 2.27. The summed E-state index contributed by atoms with van der Waals surface area (Å²) < 4.78 is 0. The van der Waals surface area contributed by atoms with Crippen LogP contribution in [0.25, 0.3) is 0 Å². The molecule has 1 fully saturated rings. The first-order chi connectivity index (χ1) is 8.36. The molecule has 1 heterocycles. The first-order valence-corrected chi connectivity index (χ1v) is 6.73. The van der Waals surface area contributed by atoms with E-state index >= 15 is 0 Å². The normalized spacial score (nSPS) is 22.9. The lowest BCUT2D eigenvalue weighted by Gasteiger charge is -2.25. The fourth-order valence-electron chi connectivity index (χ4n) is 2.44. The zero-order chi connectivity index (χ0) is 13.8. The number of nitrogens with zero attached hydrogens (tertiary/aromatic N) is 3. The molecule has 0 aromatic heterocycles. The van der Waals surface area contributed by atoms with Crippen LogP contribution in [-0.4, -0.2) is 60.6 Å². The lowest BCUT2D eigenvalue weighted by molar-refractivity contribution is 0.258. The minimum Gasteiger partial charge on any atom is -0.409 e. The maximum absolute atomic E-state index is 8.72. The molecule has 1 aliphatic heterocycles. The smallest absolute Gasteiger partial charge is 0.144 e. The van der Waals surface area contributed by atoms with Gasteiger partial charge in [-0.3, -0.25) is 0 Å². The van der Waals surface area contributed by atoms with Gasteiger partial charge in [0.1, 0.15) is 5.84 Å². The van der Waals surface area contributed by atoms with E-state index in [1.54, 1.807) is 0 Å². The highest BCUT2D eigenvalue weighted by atomic mass is 16.4. The van der Waals surface area contributed by atoms with Gasteiger partial charge in [0.25, 0.3) is 0 Å². The van der Waals surface area contributed by atoms with Crippen molar-refractivity contribution in [2.75, 3.05) is 33.7 Å². The summed E-state index contributed by atoms with van der Waals surface area (Å²) in [5.41, 5.74) is 5.47. The van der Waals surface area contributed by atoms with Crippen molar-refractivity contribution < 1.29 is 5.21 Å². The molecule has 5 heteroatoms. The molecule has 0 saturated carbocycles. The first kappa shape index (κ1) is 15.2. The van der Waals surface area contributed by atoms with Crippen molar-refractivity contribution in [1.82, 2.24) is 9.80 Å². The SMILES string of the molecule is CN(C)C1CCN(CCCC(C)(C)C(N)=NO)C1. The van der Waals surface area contributed by atoms with Gasteiger partial charge in [0.2, 0.25) is 0 Å². The van der Waals surface area contributed by atoms with Gasteiger partial charge in [0, 0.05) is 18.0 Å². The number of likely N-dealkylation sites (N-methyl/N-ethyl adjacent to an activating group) is 1. The maximum atomic E-state index is 8.72. The second-order valence-electron chi connectivity index (χ2n) is 6.18. The molecule has 0 bridgehead atoms. The van der Waals surface area contributed by atoms with Gasteiger partial charge in [-0.05, 0) is 46.4 Å². The number of nitrogens with two attached hydrogens (primary N) is 1. The van der Waals surface area contributed by atoms with Crippen molar-refractivity contribution >= 4 is 5.84 Å². The average molecular weight is 256 g/mol. The summed E-state index contributed by atoms with van der Waals surface area (Å²) in [6.07, 6.45) is 3.30. The van der Waals surface area contributed by atoms with Crippen molar-refractivity contribution in [3.05, 3.63) is 0 Å². The molecule has 1 aliphatic rings. The Labute approximate surface area is 111 Å². The van der Waals surface area contributed by atoms with Crippen molar-refractivity contribution in [3.8, 4) is 0 Å². The zero-order valence-electron chi connectivity index (χ0n) is 12.2. The Hall–Kier alpha value is -0.810. The van der Waals surface area contributed by atoms with Crippen LogP contribution in [0, 0.1) is 5.41 Å². The third-order valence-electron chi connectivity index (χ3n) is 4.06. The van der Waals surface area contributed by atoms with Crippen LogP contribution < -0.4 is 5.73 Å². The Morgan fingerprint density at radius 1 is 1.50 bits per heavy atom. The van der Waals surface area contributed by atoms with Gasteiger partial charge in [-0.25, -0.2) is 0 Å². The number of amidine groups is 1. The summed E-state index contributed by atoms with van der Waals surface area (Å²) in [6, 6.07) is 0.696. The van der Waals surface area contributed by atoms with Gasteiger partial charge in [0.05, 0.1) is 0 Å². The van der Waals surface area contributed by atoms with E-state index in [1.807, 2.05) is 13.8 Å². The topological polar surface area (TPSA) is 65.1 Å². The molecule has 18 heavy (non-hydrogen) atoms. The molecule has 0 aromatic rings. The van der Waals surface area contributed by atoms with Gasteiger partial charge in [-0.2, -0.15) is 0 Å². The molecule has 106 valence electrons. The Morgan fingerprint density at radius 3 is 2.67 bits per heavy atom. The predicted molar refractivity (Wildman–Crippen MR) is 75.0 cm³/mol. The molecule has 0 amide bonds. The molecule has 3 N–H and O–H groups in total. The second-order valence-corrected chi connectivity index (χ2v) is 6.18. The molecule has 0 aliphatic carbocycles. The highest BCUT2D eigenvalue weighted by Crippen LogP contribution is 2.23. The molecular weight excluding hydrogens is 228 g/mol. The van der Waals surface area contributed by atoms with E-state index in [1.165, 1.54) is 13.0 Å². The summed E-state index contributed by atoms with van der Waals surface area (Å²) in [4.78, 5) is 4.81. The molecule has 0 aromatic carbocycles. The highest BCUT2D eigenvalue weighted by molar-refractivity contribution is 5.85. The van der Waals surface area contributed by atoms with Crippen LogP contribution in [0.2, 0.25) is 0 Å². The predicted octanol–water partition coefficient (Wildman–Crippen LogP) is 1.18. The van der Waals surface area contributed by atoms with E-state index in [2.05, 4.69) is 29.1 Å². The molecule has 5 nitrogen and oxygen atoms in total. The van der Waals surface area contributed by atoms with E-state index in [0.717, 1.165) is 25.9 Å². The minimum absolute atomic E-state index is 0.213. The van der Waals surface area contributed by atoms with E-state index in [4.69, 9.17) is 10.9 Å². The first-order valence-electron chi connectivity index (χ1n) is 6.73. The summed E-state index contributed by atoms with van der Waals surface area (Å²) in [5.74, 6) is 0.329. The van der Waals surface area contributed by atoms with E-state index in [9.17, 15) is 0 Å². The third kappa shape index (κ3) is 4.14. The van der Waals surface area contributed by atoms with Crippen molar-refractivity contribution in [2.45, 2.75) is 39.2 Å². The number of rotatable bonds is 6. The summed E-state index contributed by atoms with van der Waals surface area (Å²) in [6.45, 7) is 7.50. The molecule has 0 radical (unpaired) electrons. The van der Waals surface area contributed by atoms with Crippen LogP contribution in [0.1, 0.15) is 33.1 Å². The van der Waals surface area contributed by atoms with Crippen LogP contribution >= 0.6 is 0 Å². The molecule has 1 rings (SSSR count). The highest BCUT2D eigenvalue weighted by Gasteiger charge is 2.26. The van der Waals surface area contributed by atoms with Crippen LogP contribution in [0.15, 0.2) is 5.16 Å². The van der Waals surface area contributed by atoms with Gasteiger partial charge in [0.15, 0.2) is 0 Å². The fraction of sp³-hybridized carbons (Fsp3) is 0.923. The number of hydrogen-bond acceptors (Lipinski definition) is 4. The molecule has 0 spiro atoms. The Morgan fingerprint density at radius 2 is 2.17 bits per heavy atom. The van der Waals surface area contributed by atoms with Crippen molar-refractivity contribution in [1.29, 1.82) is 0 Å². The molecular formula is C13H28N4O. The van der Waals surface area contributed by atoms with Gasteiger partial charge in [-0.1, -0.05) is 19.0 Å². The van der Waals surface area contributed by atoms with Crippen molar-refractivity contribution in [3.63, 3.8) is 0 Å². The fourth-order valence-corrected chi connectivity index (χ4v) is 2.44. The van der Waals surface area contributed by atoms with E-state index < -0.39 is 0 Å². The quantitative estimate of drug-likeness (QED) is 0.324. The van der Waals surface area contributed by atoms with Crippen molar-refractivity contribution in [2.24, 2.45) is 16.3 Å². The van der Waals surface area contributed by atoms with Crippen LogP contribution in [0.5, 0.6) is 0 Å². The summed E-state index contributed by atoms with van der Waals surface area (Å²) >= 11 is 0. The standard InChI is InChI=1S/C13H28N4O/c1-13(2,12(14)15-18)7-5-8-17-9-6-11(10-17)16(3)4/h11,18H,5-10H2,1-4H3,(H2,14,15). The molecule has 1 atom stereocenters. The Bertz CT molecular complexity index is 289. The number of hydrogen-bond donors (Lipinski definition) is 2. The molecule has 1 unspecified atom stereocenters. The van der Waals surface area contributed by atoms with E-state index in [-0.39, 0.29) is 5.41 Å². The van der Waals surface area contributed by atoms with Gasteiger partial charge in [-0.15, -0.1) is 0 Å².